The lowest BCUT2D eigenvalue weighted by atomic mass is 9.89. The first-order chi connectivity index (χ1) is 8.88. The fraction of sp³-hybridized carbons (Fsp3) is 0.562. The van der Waals surface area contributed by atoms with Crippen molar-refractivity contribution in [1.29, 1.82) is 0 Å². The van der Waals surface area contributed by atoms with Gasteiger partial charge < -0.3 is 10.0 Å². The third-order valence-corrected chi connectivity index (χ3v) is 3.75. The predicted molar refractivity (Wildman–Crippen MR) is 76.0 cm³/mol. The molecule has 3 nitrogen and oxygen atoms in total. The van der Waals surface area contributed by atoms with Crippen LogP contribution in [0.15, 0.2) is 24.3 Å². The molecule has 0 aromatic heterocycles. The summed E-state index contributed by atoms with van der Waals surface area (Å²) in [5, 5.41) is 9.85. The minimum absolute atomic E-state index is 0.162. The van der Waals surface area contributed by atoms with Gasteiger partial charge in [0.25, 0.3) is 5.91 Å². The van der Waals surface area contributed by atoms with Gasteiger partial charge in [-0.15, -0.1) is 0 Å². The number of likely N-dealkylation sites (tertiary alicyclic amines) is 1. The lowest BCUT2D eigenvalue weighted by Gasteiger charge is -2.36. The molecule has 1 aromatic rings. The molecule has 1 aliphatic heterocycles. The van der Waals surface area contributed by atoms with E-state index in [4.69, 9.17) is 0 Å². The minimum Gasteiger partial charge on any atom is -0.381 e. The molecular formula is C16H23NO2. The van der Waals surface area contributed by atoms with Crippen molar-refractivity contribution in [3.8, 4) is 0 Å². The highest BCUT2D eigenvalue weighted by molar-refractivity contribution is 5.84. The minimum atomic E-state index is -1.27. The van der Waals surface area contributed by atoms with Crippen LogP contribution in [-0.4, -0.2) is 34.6 Å². The Labute approximate surface area is 115 Å². The van der Waals surface area contributed by atoms with Crippen molar-refractivity contribution in [2.24, 2.45) is 0 Å². The number of carbonyl (C=O) groups is 1. The number of hydrogen-bond donors (Lipinski definition) is 1. The normalized spacial score (nSPS) is 20.4. The summed E-state index contributed by atoms with van der Waals surface area (Å²) in [5.74, 6) is 0.227. The van der Waals surface area contributed by atoms with Crippen LogP contribution in [0.4, 0.5) is 0 Å². The van der Waals surface area contributed by atoms with Crippen LogP contribution in [0.3, 0.4) is 0 Å². The van der Waals surface area contributed by atoms with Gasteiger partial charge in [0, 0.05) is 19.0 Å². The van der Waals surface area contributed by atoms with Crippen molar-refractivity contribution in [2.75, 3.05) is 13.1 Å². The first kappa shape index (κ1) is 14.1. The lowest BCUT2D eigenvalue weighted by Crippen LogP contribution is -2.48. The maximum absolute atomic E-state index is 12.1. The molecule has 0 radical (unpaired) electrons. The van der Waals surface area contributed by atoms with E-state index in [0.717, 1.165) is 19.4 Å². The maximum Gasteiger partial charge on any atom is 0.253 e. The number of amides is 1. The summed E-state index contributed by atoms with van der Waals surface area (Å²) in [7, 11) is 0. The number of piperidine rings is 1. The molecule has 0 spiro atoms. The van der Waals surface area contributed by atoms with Gasteiger partial charge in [0.15, 0.2) is 0 Å². The number of hydrogen-bond acceptors (Lipinski definition) is 2. The molecule has 104 valence electrons. The Morgan fingerprint density at radius 2 is 2.16 bits per heavy atom. The predicted octanol–water partition coefficient (Wildman–Crippen LogP) is 2.47. The lowest BCUT2D eigenvalue weighted by molar-refractivity contribution is -0.149. The van der Waals surface area contributed by atoms with E-state index >= 15 is 0 Å². The zero-order valence-electron chi connectivity index (χ0n) is 12.0. The van der Waals surface area contributed by atoms with Gasteiger partial charge in [-0.25, -0.2) is 0 Å². The van der Waals surface area contributed by atoms with Gasteiger partial charge in [-0.1, -0.05) is 29.8 Å². The summed E-state index contributed by atoms with van der Waals surface area (Å²) < 4.78 is 0. The first-order valence-electron chi connectivity index (χ1n) is 6.96. The summed E-state index contributed by atoms with van der Waals surface area (Å²) in [5.41, 5.74) is 1.28. The van der Waals surface area contributed by atoms with Gasteiger partial charge in [0.2, 0.25) is 0 Å². The van der Waals surface area contributed by atoms with Crippen LogP contribution in [0.1, 0.15) is 43.7 Å². The van der Waals surface area contributed by atoms with Gasteiger partial charge in [-0.05, 0) is 39.2 Å². The molecular weight excluding hydrogens is 238 g/mol. The third kappa shape index (κ3) is 3.35. The van der Waals surface area contributed by atoms with Gasteiger partial charge in [0.1, 0.15) is 5.60 Å². The van der Waals surface area contributed by atoms with Crippen LogP contribution in [0.2, 0.25) is 0 Å². The summed E-state index contributed by atoms with van der Waals surface area (Å²) in [4.78, 5) is 13.9. The fourth-order valence-corrected chi connectivity index (χ4v) is 2.74. The second kappa shape index (κ2) is 5.33. The van der Waals surface area contributed by atoms with Crippen LogP contribution >= 0.6 is 0 Å². The zero-order chi connectivity index (χ0) is 14.0. The monoisotopic (exact) mass is 261 g/mol. The summed E-state index contributed by atoms with van der Waals surface area (Å²) in [6.45, 7) is 6.68. The average Bonchev–Trinajstić information content (AvgIpc) is 2.37. The third-order valence-electron chi connectivity index (χ3n) is 3.75. The molecule has 1 aliphatic rings. The molecule has 1 unspecified atom stereocenters. The number of rotatable bonds is 2. The molecule has 2 rings (SSSR count). The number of carbonyl (C=O) groups excluding carboxylic acids is 1. The summed E-state index contributed by atoms with van der Waals surface area (Å²) >= 11 is 0. The molecule has 1 N–H and O–H groups in total. The zero-order valence-corrected chi connectivity index (χ0v) is 12.0. The van der Waals surface area contributed by atoms with Gasteiger partial charge >= 0.3 is 0 Å². The SMILES string of the molecule is Cc1cccc(C2CCCN(C(=O)C(C)(C)O)C2)c1. The Balaban J connectivity index is 2.11. The average molecular weight is 261 g/mol. The van der Waals surface area contributed by atoms with Crippen molar-refractivity contribution >= 4 is 5.91 Å². The van der Waals surface area contributed by atoms with Crippen LogP contribution in [0.5, 0.6) is 0 Å². The van der Waals surface area contributed by atoms with Crippen LogP contribution in [0.25, 0.3) is 0 Å². The second-order valence-corrected chi connectivity index (χ2v) is 6.06. The Kier molecular flexibility index (Phi) is 3.95. The molecule has 1 amide bonds. The number of benzene rings is 1. The Hall–Kier alpha value is -1.35. The van der Waals surface area contributed by atoms with Crippen molar-refractivity contribution in [3.05, 3.63) is 35.4 Å². The molecule has 19 heavy (non-hydrogen) atoms. The smallest absolute Gasteiger partial charge is 0.253 e. The highest BCUT2D eigenvalue weighted by Gasteiger charge is 2.32. The van der Waals surface area contributed by atoms with E-state index in [1.165, 1.54) is 11.1 Å². The van der Waals surface area contributed by atoms with Gasteiger partial charge in [-0.3, -0.25) is 4.79 Å². The van der Waals surface area contributed by atoms with E-state index in [1.807, 2.05) is 0 Å². The molecule has 1 aromatic carbocycles. The fourth-order valence-electron chi connectivity index (χ4n) is 2.74. The van der Waals surface area contributed by atoms with Gasteiger partial charge in [0.05, 0.1) is 0 Å². The standard InChI is InChI=1S/C16H23NO2/c1-12-6-4-7-13(10-12)14-8-5-9-17(11-14)15(18)16(2,3)19/h4,6-7,10,14,19H,5,8-9,11H2,1-3H3. The van der Waals surface area contributed by atoms with E-state index in [0.29, 0.717) is 12.5 Å². The van der Waals surface area contributed by atoms with Crippen LogP contribution < -0.4 is 0 Å². The Morgan fingerprint density at radius 1 is 1.42 bits per heavy atom. The van der Waals surface area contributed by atoms with Gasteiger partial charge in [-0.2, -0.15) is 0 Å². The van der Waals surface area contributed by atoms with Crippen molar-refractivity contribution < 1.29 is 9.90 Å². The maximum atomic E-state index is 12.1. The number of aryl methyl sites for hydroxylation is 1. The Morgan fingerprint density at radius 3 is 2.79 bits per heavy atom. The van der Waals surface area contributed by atoms with Crippen LogP contribution in [0, 0.1) is 6.92 Å². The van der Waals surface area contributed by atoms with Crippen molar-refractivity contribution in [2.45, 2.75) is 45.1 Å². The topological polar surface area (TPSA) is 40.5 Å². The second-order valence-electron chi connectivity index (χ2n) is 6.06. The molecule has 3 heteroatoms. The molecule has 1 saturated heterocycles. The van der Waals surface area contributed by atoms with E-state index in [1.54, 1.807) is 18.7 Å². The first-order valence-corrected chi connectivity index (χ1v) is 6.96. The van der Waals surface area contributed by atoms with E-state index < -0.39 is 5.60 Å². The highest BCUT2D eigenvalue weighted by Crippen LogP contribution is 2.28. The molecule has 1 heterocycles. The van der Waals surface area contributed by atoms with Crippen LogP contribution in [-0.2, 0) is 4.79 Å². The molecule has 1 atom stereocenters. The number of nitrogens with zero attached hydrogens (tertiary/aromatic N) is 1. The molecule has 0 saturated carbocycles. The summed E-state index contributed by atoms with van der Waals surface area (Å²) in [6, 6.07) is 8.49. The molecule has 0 bridgehead atoms. The largest absolute Gasteiger partial charge is 0.381 e. The quantitative estimate of drug-likeness (QED) is 0.888. The van der Waals surface area contributed by atoms with E-state index in [9.17, 15) is 9.90 Å². The van der Waals surface area contributed by atoms with Crippen molar-refractivity contribution in [1.82, 2.24) is 4.90 Å². The summed E-state index contributed by atoms with van der Waals surface area (Å²) in [6.07, 6.45) is 2.11. The molecule has 0 aliphatic carbocycles. The van der Waals surface area contributed by atoms with E-state index in [2.05, 4.69) is 31.2 Å². The van der Waals surface area contributed by atoms with Crippen molar-refractivity contribution in [3.63, 3.8) is 0 Å². The van der Waals surface area contributed by atoms with E-state index in [-0.39, 0.29) is 5.91 Å². The molecule has 1 fully saturated rings. The Bertz CT molecular complexity index is 462. The highest BCUT2D eigenvalue weighted by atomic mass is 16.3. The number of aliphatic hydroxyl groups is 1.